The van der Waals surface area contributed by atoms with Crippen LogP contribution in [0.25, 0.3) is 11.0 Å². The minimum atomic E-state index is -0.136. The van der Waals surface area contributed by atoms with Crippen LogP contribution in [0.4, 0.5) is 4.39 Å². The van der Waals surface area contributed by atoms with Gasteiger partial charge in [0.05, 0.1) is 7.11 Å². The molecule has 4 aromatic carbocycles. The normalized spacial score (nSPS) is 12.4. The molecule has 0 amide bonds. The molecule has 0 bridgehead atoms. The predicted molar refractivity (Wildman–Crippen MR) is 183 cm³/mol. The van der Waals surface area contributed by atoms with Crippen LogP contribution in [-0.4, -0.2) is 47.7 Å². The van der Waals surface area contributed by atoms with Gasteiger partial charge in [0, 0.05) is 12.1 Å². The first-order valence-corrected chi connectivity index (χ1v) is 16.1. The van der Waals surface area contributed by atoms with Gasteiger partial charge in [-0.1, -0.05) is 60.7 Å². The number of aromatic amines is 1. The zero-order chi connectivity index (χ0) is 31.9. The number of halogens is 1. The third-order valence-electron chi connectivity index (χ3n) is 7.96. The van der Waals surface area contributed by atoms with Gasteiger partial charge in [-0.3, -0.25) is 0 Å². The number of aromatic nitrogens is 3. The fraction of sp³-hybridized carbons (Fsp3) is 0.368. The Kier molecular flexibility index (Phi) is 13.6. The first kappa shape index (κ1) is 33.8. The van der Waals surface area contributed by atoms with Crippen molar-refractivity contribution in [2.75, 3.05) is 20.2 Å². The molecule has 6 nitrogen and oxygen atoms in total. The summed E-state index contributed by atoms with van der Waals surface area (Å²) in [6.45, 7) is 8.24. The molecule has 5 rings (SSSR count). The van der Waals surface area contributed by atoms with Crippen LogP contribution in [-0.2, 0) is 25.7 Å². The molecule has 1 heterocycles. The number of hydrogen-bond donors (Lipinski definition) is 3. The molecule has 2 atom stereocenters. The Balaban J connectivity index is 0.000000207. The number of H-pyrrole nitrogens is 1. The number of ether oxygens (including phenoxy) is 1. The van der Waals surface area contributed by atoms with Gasteiger partial charge in [0.1, 0.15) is 22.6 Å². The van der Waals surface area contributed by atoms with Gasteiger partial charge < -0.3 is 15.4 Å². The lowest BCUT2D eigenvalue weighted by atomic mass is 10.0. The molecule has 0 saturated heterocycles. The van der Waals surface area contributed by atoms with E-state index in [1.54, 1.807) is 13.2 Å². The van der Waals surface area contributed by atoms with E-state index in [9.17, 15) is 4.39 Å². The highest BCUT2D eigenvalue weighted by Crippen LogP contribution is 2.14. The molecule has 45 heavy (non-hydrogen) atoms. The molecule has 3 N–H and O–H groups in total. The Labute approximate surface area is 267 Å². The monoisotopic (exact) mass is 609 g/mol. The third kappa shape index (κ3) is 11.7. The fourth-order valence-electron chi connectivity index (χ4n) is 5.41. The molecule has 0 radical (unpaired) electrons. The number of hydrogen-bond acceptors (Lipinski definition) is 5. The van der Waals surface area contributed by atoms with Gasteiger partial charge >= 0.3 is 0 Å². The summed E-state index contributed by atoms with van der Waals surface area (Å²) in [5.74, 6) is 0.789. The average Bonchev–Trinajstić information content (AvgIpc) is 3.52. The fourth-order valence-corrected chi connectivity index (χ4v) is 5.41. The Hall–Kier alpha value is -4.07. The summed E-state index contributed by atoms with van der Waals surface area (Å²) in [6.07, 6.45) is 6.34. The number of nitrogens with zero attached hydrogens (tertiary/aromatic N) is 2. The lowest BCUT2D eigenvalue weighted by Gasteiger charge is -2.14. The van der Waals surface area contributed by atoms with Crippen molar-refractivity contribution < 1.29 is 9.13 Å². The van der Waals surface area contributed by atoms with Gasteiger partial charge in [0.2, 0.25) is 0 Å². The summed E-state index contributed by atoms with van der Waals surface area (Å²) in [4.78, 5) is 0. The quantitative estimate of drug-likeness (QED) is 0.108. The molecule has 0 saturated carbocycles. The first-order valence-electron chi connectivity index (χ1n) is 16.1. The molecule has 238 valence electrons. The number of aryl methyl sites for hydroxylation is 3. The SMILES string of the molecule is COc1ccc(CCCN[C@@H](C)Cc2ccccc2)cc1.Cc1cc(CC(C)NCCCc2ccc3n[nH]nc3c2)ccc1F. The van der Waals surface area contributed by atoms with Gasteiger partial charge in [0.15, 0.2) is 0 Å². The van der Waals surface area contributed by atoms with Crippen molar-refractivity contribution in [3.8, 4) is 5.75 Å². The van der Waals surface area contributed by atoms with Gasteiger partial charge in [-0.15, -0.1) is 0 Å². The van der Waals surface area contributed by atoms with Crippen molar-refractivity contribution in [3.63, 3.8) is 0 Å². The molecular formula is C38H48FN5O. The van der Waals surface area contributed by atoms with E-state index in [2.05, 4.69) is 94.5 Å². The number of benzene rings is 4. The Morgan fingerprint density at radius 2 is 1.29 bits per heavy atom. The molecule has 0 spiro atoms. The minimum Gasteiger partial charge on any atom is -0.497 e. The largest absolute Gasteiger partial charge is 0.497 e. The molecular weight excluding hydrogens is 561 g/mol. The van der Waals surface area contributed by atoms with Gasteiger partial charge in [0.25, 0.3) is 0 Å². The zero-order valence-electron chi connectivity index (χ0n) is 27.2. The summed E-state index contributed by atoms with van der Waals surface area (Å²) in [6, 6.07) is 31.4. The minimum absolute atomic E-state index is 0.136. The zero-order valence-corrected chi connectivity index (χ0v) is 27.2. The van der Waals surface area contributed by atoms with Crippen LogP contribution in [0.3, 0.4) is 0 Å². The molecule has 0 aliphatic carbocycles. The van der Waals surface area contributed by atoms with Crippen molar-refractivity contribution in [3.05, 3.63) is 125 Å². The molecule has 0 fully saturated rings. The highest BCUT2D eigenvalue weighted by Gasteiger charge is 2.06. The molecule has 1 unspecified atom stereocenters. The van der Waals surface area contributed by atoms with Crippen molar-refractivity contribution in [1.82, 2.24) is 26.0 Å². The van der Waals surface area contributed by atoms with E-state index in [1.165, 1.54) is 22.3 Å². The third-order valence-corrected chi connectivity index (χ3v) is 7.96. The van der Waals surface area contributed by atoms with Crippen LogP contribution in [0.5, 0.6) is 5.75 Å². The predicted octanol–water partition coefficient (Wildman–Crippen LogP) is 7.41. The summed E-state index contributed by atoms with van der Waals surface area (Å²) >= 11 is 0. The highest BCUT2D eigenvalue weighted by molar-refractivity contribution is 5.74. The van der Waals surface area contributed by atoms with E-state index in [0.29, 0.717) is 17.6 Å². The van der Waals surface area contributed by atoms with Gasteiger partial charge in [-0.2, -0.15) is 15.4 Å². The maximum atomic E-state index is 13.3. The van der Waals surface area contributed by atoms with E-state index in [0.717, 1.165) is 68.4 Å². The number of nitrogens with one attached hydrogen (secondary N) is 3. The second-order valence-electron chi connectivity index (χ2n) is 11.9. The average molecular weight is 610 g/mol. The summed E-state index contributed by atoms with van der Waals surface area (Å²) in [5, 5.41) is 18.0. The van der Waals surface area contributed by atoms with Crippen LogP contribution in [0.2, 0.25) is 0 Å². The van der Waals surface area contributed by atoms with E-state index in [4.69, 9.17) is 4.74 Å². The first-order chi connectivity index (χ1) is 21.9. The lowest BCUT2D eigenvalue weighted by Crippen LogP contribution is -2.29. The number of rotatable bonds is 15. The van der Waals surface area contributed by atoms with Crippen molar-refractivity contribution >= 4 is 11.0 Å². The topological polar surface area (TPSA) is 74.9 Å². The van der Waals surface area contributed by atoms with Crippen molar-refractivity contribution in [1.29, 1.82) is 0 Å². The summed E-state index contributed by atoms with van der Waals surface area (Å²) in [5.41, 5.74) is 7.75. The Morgan fingerprint density at radius 3 is 1.96 bits per heavy atom. The number of fused-ring (bicyclic) bond motifs is 1. The number of methoxy groups -OCH3 is 1. The van der Waals surface area contributed by atoms with Crippen LogP contribution in [0.1, 0.15) is 54.5 Å². The molecule has 0 aliphatic rings. The summed E-state index contributed by atoms with van der Waals surface area (Å²) in [7, 11) is 1.70. The van der Waals surface area contributed by atoms with E-state index >= 15 is 0 Å². The van der Waals surface area contributed by atoms with Gasteiger partial charge in [-0.25, -0.2) is 4.39 Å². The van der Waals surface area contributed by atoms with E-state index < -0.39 is 0 Å². The van der Waals surface area contributed by atoms with Crippen LogP contribution >= 0.6 is 0 Å². The van der Waals surface area contributed by atoms with E-state index in [1.807, 2.05) is 37.3 Å². The van der Waals surface area contributed by atoms with Crippen LogP contribution in [0, 0.1) is 12.7 Å². The maximum Gasteiger partial charge on any atom is 0.126 e. The molecule has 1 aromatic heterocycles. The maximum absolute atomic E-state index is 13.3. The molecule has 5 aromatic rings. The summed E-state index contributed by atoms with van der Waals surface area (Å²) < 4.78 is 18.5. The standard InChI is InChI=1S/C19H23FN4.C19H25NO/c1-13-10-16(5-7-17(13)20)11-14(2)21-9-3-4-15-6-8-18-19(12-15)23-24-22-18;1-16(15-18-7-4-3-5-8-18)20-14-6-9-17-10-12-19(21-2)13-11-17/h5-8,10,12,14,21H,3-4,9,11H2,1-2H3,(H,22,23,24);3-5,7-8,10-13,16,20H,6,9,14-15H2,1-2H3/t;16-/m.0/s1. The van der Waals surface area contributed by atoms with Gasteiger partial charge in [-0.05, 0) is 131 Å². The van der Waals surface area contributed by atoms with Crippen LogP contribution in [0.15, 0.2) is 91.0 Å². The second-order valence-corrected chi connectivity index (χ2v) is 11.9. The van der Waals surface area contributed by atoms with Crippen LogP contribution < -0.4 is 15.4 Å². The molecule has 0 aliphatic heterocycles. The van der Waals surface area contributed by atoms with Crippen molar-refractivity contribution in [2.45, 2.75) is 71.4 Å². The Bertz CT molecular complexity index is 1550. The molecule has 7 heteroatoms. The van der Waals surface area contributed by atoms with Crippen molar-refractivity contribution in [2.24, 2.45) is 0 Å². The smallest absolute Gasteiger partial charge is 0.126 e. The van der Waals surface area contributed by atoms with E-state index in [-0.39, 0.29) is 5.82 Å². The lowest BCUT2D eigenvalue weighted by molar-refractivity contribution is 0.414. The highest BCUT2D eigenvalue weighted by atomic mass is 19.1. The Morgan fingerprint density at radius 1 is 0.689 bits per heavy atom. The second kappa shape index (κ2) is 18.0.